The minimum Gasteiger partial charge on any atom is -0.360 e. The van der Waals surface area contributed by atoms with Crippen LogP contribution in [0.2, 0.25) is 0 Å². The summed E-state index contributed by atoms with van der Waals surface area (Å²) in [6, 6.07) is 7.91. The molecule has 4 heteroatoms. The third kappa shape index (κ3) is 3.53. The van der Waals surface area contributed by atoms with Crippen LogP contribution in [0, 0.1) is 6.92 Å². The Hall–Kier alpha value is -1.42. The number of benzene rings is 1. The second-order valence-electron chi connectivity index (χ2n) is 4.78. The fourth-order valence-electron chi connectivity index (χ4n) is 2.25. The number of thiocarbonyl (C=S) groups is 1. The van der Waals surface area contributed by atoms with E-state index in [1.807, 2.05) is 25.1 Å². The maximum absolute atomic E-state index is 11.9. The number of hydrogen-bond acceptors (Lipinski definition) is 2. The number of hydrogen-bond donors (Lipinski definition) is 2. The van der Waals surface area contributed by atoms with Gasteiger partial charge in [0.2, 0.25) is 0 Å². The Morgan fingerprint density at radius 3 is 2.72 bits per heavy atom. The van der Waals surface area contributed by atoms with Gasteiger partial charge in [0.05, 0.1) is 0 Å². The molecule has 0 saturated heterocycles. The van der Waals surface area contributed by atoms with Gasteiger partial charge in [-0.1, -0.05) is 30.5 Å². The van der Waals surface area contributed by atoms with Crippen molar-refractivity contribution in [2.45, 2.75) is 38.6 Å². The van der Waals surface area contributed by atoms with Crippen LogP contribution >= 0.6 is 12.2 Å². The predicted octanol–water partition coefficient (Wildman–Crippen LogP) is 2.54. The lowest BCUT2D eigenvalue weighted by Crippen LogP contribution is -2.43. The molecule has 0 radical (unpaired) electrons. The highest BCUT2D eigenvalue weighted by Gasteiger charge is 2.16. The molecule has 3 nitrogen and oxygen atoms in total. The molecule has 18 heavy (non-hydrogen) atoms. The maximum Gasteiger partial charge on any atom is 0.257 e. The topological polar surface area (TPSA) is 41.1 Å². The molecule has 0 unspecified atom stereocenters. The molecule has 1 fully saturated rings. The lowest BCUT2D eigenvalue weighted by atomic mass is 10.1. The molecule has 0 bridgehead atoms. The van der Waals surface area contributed by atoms with E-state index >= 15 is 0 Å². The molecule has 1 aliphatic rings. The number of rotatable bonds is 2. The summed E-state index contributed by atoms with van der Waals surface area (Å²) in [5.41, 5.74) is 1.71. The predicted molar refractivity (Wildman–Crippen MR) is 76.6 cm³/mol. The fraction of sp³-hybridized carbons (Fsp3) is 0.429. The highest BCUT2D eigenvalue weighted by atomic mass is 32.1. The Balaban J connectivity index is 1.88. The van der Waals surface area contributed by atoms with Gasteiger partial charge in [-0.3, -0.25) is 10.1 Å². The van der Waals surface area contributed by atoms with Gasteiger partial charge in [-0.25, -0.2) is 0 Å². The molecule has 0 aromatic heterocycles. The molecular formula is C14H18N2OS. The Bertz CT molecular complexity index is 453. The zero-order valence-corrected chi connectivity index (χ0v) is 11.3. The quantitative estimate of drug-likeness (QED) is 0.805. The molecule has 2 N–H and O–H groups in total. The van der Waals surface area contributed by atoms with Gasteiger partial charge in [0.15, 0.2) is 5.11 Å². The van der Waals surface area contributed by atoms with Gasteiger partial charge in [-0.2, -0.15) is 0 Å². The molecule has 0 spiro atoms. The van der Waals surface area contributed by atoms with Gasteiger partial charge in [-0.15, -0.1) is 0 Å². The standard InChI is InChI=1S/C14H18N2OS/c1-10-5-4-6-11(9-10)13(17)16-14(18)15-12-7-2-3-8-12/h4-6,9,12H,2-3,7-8H2,1H3,(H2,15,16,17,18). The Kier molecular flexibility index (Phi) is 4.31. The molecule has 0 heterocycles. The van der Waals surface area contributed by atoms with Crippen molar-refractivity contribution >= 4 is 23.2 Å². The zero-order chi connectivity index (χ0) is 13.0. The van der Waals surface area contributed by atoms with E-state index in [0.717, 1.165) is 18.4 Å². The van der Waals surface area contributed by atoms with Crippen molar-refractivity contribution in [1.82, 2.24) is 10.6 Å². The molecule has 1 aliphatic carbocycles. The number of aryl methyl sites for hydroxylation is 1. The van der Waals surface area contributed by atoms with E-state index < -0.39 is 0 Å². The summed E-state index contributed by atoms with van der Waals surface area (Å²) in [6.07, 6.45) is 4.76. The molecule has 0 atom stereocenters. The number of nitrogens with one attached hydrogen (secondary N) is 2. The Morgan fingerprint density at radius 1 is 1.33 bits per heavy atom. The third-order valence-electron chi connectivity index (χ3n) is 3.20. The van der Waals surface area contributed by atoms with Crippen LogP contribution in [0.15, 0.2) is 24.3 Å². The molecule has 1 aromatic rings. The minimum atomic E-state index is -0.144. The van der Waals surface area contributed by atoms with Gasteiger partial charge in [-0.05, 0) is 44.1 Å². The Morgan fingerprint density at radius 2 is 2.06 bits per heavy atom. The molecular weight excluding hydrogens is 244 g/mol. The van der Waals surface area contributed by atoms with E-state index in [0.29, 0.717) is 16.7 Å². The van der Waals surface area contributed by atoms with Crippen molar-refractivity contribution in [3.63, 3.8) is 0 Å². The summed E-state index contributed by atoms with van der Waals surface area (Å²) in [4.78, 5) is 11.9. The van der Waals surface area contributed by atoms with E-state index in [2.05, 4.69) is 10.6 Å². The highest BCUT2D eigenvalue weighted by molar-refractivity contribution is 7.80. The van der Waals surface area contributed by atoms with Crippen molar-refractivity contribution in [2.75, 3.05) is 0 Å². The summed E-state index contributed by atoms with van der Waals surface area (Å²) < 4.78 is 0. The fourth-order valence-corrected chi connectivity index (χ4v) is 2.51. The van der Waals surface area contributed by atoms with Crippen LogP contribution in [0.1, 0.15) is 41.6 Å². The van der Waals surface area contributed by atoms with Crippen LogP contribution in [0.5, 0.6) is 0 Å². The van der Waals surface area contributed by atoms with Gasteiger partial charge >= 0.3 is 0 Å². The maximum atomic E-state index is 11.9. The van der Waals surface area contributed by atoms with E-state index in [9.17, 15) is 4.79 Å². The largest absolute Gasteiger partial charge is 0.360 e. The van der Waals surface area contributed by atoms with Gasteiger partial charge < -0.3 is 5.32 Å². The van der Waals surface area contributed by atoms with Crippen LogP contribution in [0.25, 0.3) is 0 Å². The number of carbonyl (C=O) groups is 1. The molecule has 2 rings (SSSR count). The first-order valence-electron chi connectivity index (χ1n) is 6.33. The summed E-state index contributed by atoms with van der Waals surface area (Å²) in [5.74, 6) is -0.144. The SMILES string of the molecule is Cc1cccc(C(=O)NC(=S)NC2CCCC2)c1. The zero-order valence-electron chi connectivity index (χ0n) is 10.5. The van der Waals surface area contributed by atoms with Crippen molar-refractivity contribution in [3.8, 4) is 0 Å². The average Bonchev–Trinajstić information content (AvgIpc) is 2.81. The average molecular weight is 262 g/mol. The van der Waals surface area contributed by atoms with Crippen LogP contribution in [-0.2, 0) is 0 Å². The van der Waals surface area contributed by atoms with E-state index in [1.165, 1.54) is 12.8 Å². The third-order valence-corrected chi connectivity index (χ3v) is 3.42. The lowest BCUT2D eigenvalue weighted by Gasteiger charge is -2.14. The summed E-state index contributed by atoms with van der Waals surface area (Å²) in [7, 11) is 0. The molecule has 1 aromatic carbocycles. The first-order valence-corrected chi connectivity index (χ1v) is 6.74. The first kappa shape index (κ1) is 13.0. The summed E-state index contributed by atoms with van der Waals surface area (Å²) in [5, 5.41) is 6.36. The molecule has 1 amide bonds. The van der Waals surface area contributed by atoms with Crippen molar-refractivity contribution in [1.29, 1.82) is 0 Å². The molecule has 1 saturated carbocycles. The monoisotopic (exact) mass is 262 g/mol. The minimum absolute atomic E-state index is 0.144. The van der Waals surface area contributed by atoms with Crippen LogP contribution in [0.3, 0.4) is 0 Å². The van der Waals surface area contributed by atoms with Gasteiger partial charge in [0.1, 0.15) is 0 Å². The van der Waals surface area contributed by atoms with Crippen molar-refractivity contribution < 1.29 is 4.79 Å². The van der Waals surface area contributed by atoms with E-state index in [-0.39, 0.29) is 5.91 Å². The summed E-state index contributed by atoms with van der Waals surface area (Å²) in [6.45, 7) is 1.96. The van der Waals surface area contributed by atoms with Gasteiger partial charge in [0.25, 0.3) is 5.91 Å². The van der Waals surface area contributed by atoms with E-state index in [1.54, 1.807) is 6.07 Å². The number of carbonyl (C=O) groups excluding carboxylic acids is 1. The second-order valence-corrected chi connectivity index (χ2v) is 5.19. The van der Waals surface area contributed by atoms with Gasteiger partial charge in [0, 0.05) is 11.6 Å². The molecule has 96 valence electrons. The van der Waals surface area contributed by atoms with Crippen LogP contribution in [-0.4, -0.2) is 17.1 Å². The van der Waals surface area contributed by atoms with Crippen molar-refractivity contribution in [2.24, 2.45) is 0 Å². The van der Waals surface area contributed by atoms with Crippen LogP contribution in [0.4, 0.5) is 0 Å². The normalized spacial score (nSPS) is 15.4. The second kappa shape index (κ2) is 5.96. The van der Waals surface area contributed by atoms with Crippen LogP contribution < -0.4 is 10.6 Å². The first-order chi connectivity index (χ1) is 8.65. The lowest BCUT2D eigenvalue weighted by molar-refractivity contribution is 0.0976. The Labute approximate surface area is 113 Å². The molecule has 0 aliphatic heterocycles. The van der Waals surface area contributed by atoms with Crippen molar-refractivity contribution in [3.05, 3.63) is 35.4 Å². The summed E-state index contributed by atoms with van der Waals surface area (Å²) >= 11 is 5.16. The van der Waals surface area contributed by atoms with E-state index in [4.69, 9.17) is 12.2 Å². The highest BCUT2D eigenvalue weighted by Crippen LogP contribution is 2.17. The number of amides is 1. The smallest absolute Gasteiger partial charge is 0.257 e.